The van der Waals surface area contributed by atoms with E-state index in [1.807, 2.05) is 20.8 Å². The number of nitrogens with zero attached hydrogens (tertiary/aromatic N) is 1. The fraction of sp³-hybridized carbons (Fsp3) is 0.357. The maximum absolute atomic E-state index is 13.4. The van der Waals surface area contributed by atoms with Crippen molar-refractivity contribution in [3.8, 4) is 0 Å². The van der Waals surface area contributed by atoms with Crippen LogP contribution in [0, 0.1) is 26.6 Å². The van der Waals surface area contributed by atoms with Gasteiger partial charge in [-0.05, 0) is 45.4 Å². The van der Waals surface area contributed by atoms with Crippen molar-refractivity contribution in [2.24, 2.45) is 0 Å². The van der Waals surface area contributed by atoms with E-state index >= 15 is 0 Å². The average Bonchev–Trinajstić information content (AvgIpc) is 2.66. The van der Waals surface area contributed by atoms with Crippen LogP contribution in [0.3, 0.4) is 0 Å². The molecule has 0 aliphatic carbocycles. The Balaban J connectivity index is 2.29. The molecule has 0 radical (unpaired) electrons. The van der Waals surface area contributed by atoms with Gasteiger partial charge in [0.2, 0.25) is 0 Å². The highest BCUT2D eigenvalue weighted by molar-refractivity contribution is 5.68. The Labute approximate surface area is 111 Å². The zero-order chi connectivity index (χ0) is 14.2. The number of hydrogen-bond acceptors (Lipinski definition) is 4. The first-order chi connectivity index (χ1) is 8.90. The normalized spacial score (nSPS) is 12.5. The quantitative estimate of drug-likeness (QED) is 0.832. The topological polar surface area (TPSA) is 64.1 Å². The highest BCUT2D eigenvalue weighted by Gasteiger charge is 2.17. The molecule has 1 aromatic carbocycles. The van der Waals surface area contributed by atoms with Crippen molar-refractivity contribution in [3.05, 3.63) is 40.5 Å². The van der Waals surface area contributed by atoms with Crippen molar-refractivity contribution in [1.29, 1.82) is 0 Å². The smallest absolute Gasteiger partial charge is 0.139 e. The highest BCUT2D eigenvalue weighted by atomic mass is 19.1. The lowest BCUT2D eigenvalue weighted by molar-refractivity contribution is 0.392. The van der Waals surface area contributed by atoms with Crippen LogP contribution in [0.4, 0.5) is 15.8 Å². The maximum Gasteiger partial charge on any atom is 0.139 e. The molecule has 1 unspecified atom stereocenters. The van der Waals surface area contributed by atoms with E-state index in [9.17, 15) is 4.39 Å². The number of aromatic nitrogens is 1. The van der Waals surface area contributed by atoms with Gasteiger partial charge in [-0.1, -0.05) is 5.16 Å². The third-order valence-electron chi connectivity index (χ3n) is 3.22. The van der Waals surface area contributed by atoms with E-state index < -0.39 is 0 Å². The van der Waals surface area contributed by atoms with Gasteiger partial charge in [0.25, 0.3) is 0 Å². The zero-order valence-corrected chi connectivity index (χ0v) is 11.5. The van der Waals surface area contributed by atoms with E-state index in [1.54, 1.807) is 13.0 Å². The Morgan fingerprint density at radius 3 is 2.58 bits per heavy atom. The van der Waals surface area contributed by atoms with Crippen LogP contribution in [0.25, 0.3) is 0 Å². The van der Waals surface area contributed by atoms with Crippen molar-refractivity contribution in [2.45, 2.75) is 33.7 Å². The number of aryl methyl sites for hydroxylation is 3. The molecule has 3 N–H and O–H groups in total. The predicted octanol–water partition coefficient (Wildman–Crippen LogP) is 3.49. The first-order valence-corrected chi connectivity index (χ1v) is 6.15. The van der Waals surface area contributed by atoms with Gasteiger partial charge < -0.3 is 15.6 Å². The summed E-state index contributed by atoms with van der Waals surface area (Å²) in [6.07, 6.45) is 0. The van der Waals surface area contributed by atoms with E-state index in [4.69, 9.17) is 10.3 Å². The minimum absolute atomic E-state index is 0.0154. The van der Waals surface area contributed by atoms with Gasteiger partial charge >= 0.3 is 0 Å². The Morgan fingerprint density at radius 2 is 2.00 bits per heavy atom. The van der Waals surface area contributed by atoms with Gasteiger partial charge in [-0.2, -0.15) is 0 Å². The minimum atomic E-state index is -0.298. The number of nitrogens with two attached hydrogens (primary N) is 1. The molecule has 4 nitrogen and oxygen atoms in total. The molecule has 1 heterocycles. The summed E-state index contributed by atoms with van der Waals surface area (Å²) in [6, 6.07) is 3.02. The number of anilines is 2. The van der Waals surface area contributed by atoms with Crippen LogP contribution in [0.5, 0.6) is 0 Å². The number of rotatable bonds is 3. The predicted molar refractivity (Wildman–Crippen MR) is 73.6 cm³/mol. The Hall–Kier alpha value is -2.04. The van der Waals surface area contributed by atoms with Crippen molar-refractivity contribution in [1.82, 2.24) is 5.16 Å². The van der Waals surface area contributed by atoms with Crippen LogP contribution < -0.4 is 11.1 Å². The first-order valence-electron chi connectivity index (χ1n) is 6.15. The molecule has 2 aromatic rings. The number of halogens is 1. The number of nitrogen functional groups attached to an aromatic ring is 1. The minimum Gasteiger partial charge on any atom is -0.397 e. The Kier molecular flexibility index (Phi) is 3.46. The average molecular weight is 263 g/mol. The highest BCUT2D eigenvalue weighted by Crippen LogP contribution is 2.29. The van der Waals surface area contributed by atoms with Gasteiger partial charge in [0, 0.05) is 5.56 Å². The Bertz CT molecular complexity index is 587. The maximum atomic E-state index is 13.4. The molecule has 0 bridgehead atoms. The van der Waals surface area contributed by atoms with E-state index in [2.05, 4.69) is 10.5 Å². The number of hydrogen-bond donors (Lipinski definition) is 2. The molecular formula is C14H18FN3O. The van der Waals surface area contributed by atoms with E-state index in [1.165, 1.54) is 6.07 Å². The van der Waals surface area contributed by atoms with E-state index in [0.29, 0.717) is 16.9 Å². The molecule has 102 valence electrons. The Morgan fingerprint density at radius 1 is 1.32 bits per heavy atom. The number of nitrogens with one attached hydrogen (secondary N) is 1. The molecule has 5 heteroatoms. The summed E-state index contributed by atoms with van der Waals surface area (Å²) in [5.41, 5.74) is 9.33. The summed E-state index contributed by atoms with van der Waals surface area (Å²) in [4.78, 5) is 0. The molecular weight excluding hydrogens is 245 g/mol. The second-order valence-electron chi connectivity index (χ2n) is 4.79. The lowest BCUT2D eigenvalue weighted by Gasteiger charge is -2.17. The van der Waals surface area contributed by atoms with Crippen LogP contribution in [-0.2, 0) is 0 Å². The summed E-state index contributed by atoms with van der Waals surface area (Å²) < 4.78 is 18.5. The third-order valence-corrected chi connectivity index (χ3v) is 3.22. The van der Waals surface area contributed by atoms with Crippen molar-refractivity contribution < 1.29 is 8.91 Å². The molecule has 0 aliphatic rings. The second-order valence-corrected chi connectivity index (χ2v) is 4.79. The molecule has 0 saturated carbocycles. The first kappa shape index (κ1) is 13.4. The second kappa shape index (κ2) is 4.91. The largest absolute Gasteiger partial charge is 0.397 e. The molecule has 19 heavy (non-hydrogen) atoms. The summed E-state index contributed by atoms with van der Waals surface area (Å²) in [5.74, 6) is 0.475. The van der Waals surface area contributed by atoms with E-state index in [-0.39, 0.29) is 11.9 Å². The SMILES string of the molecule is Cc1cc(NC(C)c2c(C)noc2C)c(N)cc1F. The van der Waals surface area contributed by atoms with Crippen LogP contribution in [0.15, 0.2) is 16.7 Å². The van der Waals surface area contributed by atoms with Gasteiger partial charge in [-0.25, -0.2) is 4.39 Å². The van der Waals surface area contributed by atoms with Crippen LogP contribution in [-0.4, -0.2) is 5.16 Å². The fourth-order valence-electron chi connectivity index (χ4n) is 2.24. The number of benzene rings is 1. The fourth-order valence-corrected chi connectivity index (χ4v) is 2.24. The van der Waals surface area contributed by atoms with Crippen molar-refractivity contribution >= 4 is 11.4 Å². The molecule has 0 aliphatic heterocycles. The van der Waals surface area contributed by atoms with Gasteiger partial charge in [0.15, 0.2) is 0 Å². The standard InChI is InChI=1S/C14H18FN3O/c1-7-5-13(12(16)6-11(7)15)17-8(2)14-9(3)18-19-10(14)4/h5-6,8,17H,16H2,1-4H3. The van der Waals surface area contributed by atoms with Crippen LogP contribution in [0.1, 0.15) is 35.5 Å². The summed E-state index contributed by atoms with van der Waals surface area (Å²) in [7, 11) is 0. The van der Waals surface area contributed by atoms with Crippen molar-refractivity contribution in [2.75, 3.05) is 11.1 Å². The molecule has 1 atom stereocenters. The lowest BCUT2D eigenvalue weighted by atomic mass is 10.1. The molecule has 0 amide bonds. The summed E-state index contributed by atoms with van der Waals surface area (Å²) >= 11 is 0. The lowest BCUT2D eigenvalue weighted by Crippen LogP contribution is -2.10. The van der Waals surface area contributed by atoms with Gasteiger partial charge in [-0.15, -0.1) is 0 Å². The molecule has 0 spiro atoms. The van der Waals surface area contributed by atoms with Gasteiger partial charge in [-0.3, -0.25) is 0 Å². The monoisotopic (exact) mass is 263 g/mol. The van der Waals surface area contributed by atoms with Crippen LogP contribution >= 0.6 is 0 Å². The molecule has 0 saturated heterocycles. The van der Waals surface area contributed by atoms with Gasteiger partial charge in [0.05, 0.1) is 23.1 Å². The van der Waals surface area contributed by atoms with Crippen LogP contribution in [0.2, 0.25) is 0 Å². The van der Waals surface area contributed by atoms with E-state index in [0.717, 1.165) is 17.0 Å². The van der Waals surface area contributed by atoms with Crippen molar-refractivity contribution in [3.63, 3.8) is 0 Å². The van der Waals surface area contributed by atoms with Gasteiger partial charge in [0.1, 0.15) is 11.6 Å². The molecule has 1 aromatic heterocycles. The molecule has 0 fully saturated rings. The third kappa shape index (κ3) is 2.54. The molecule has 2 rings (SSSR count). The summed E-state index contributed by atoms with van der Waals surface area (Å²) in [6.45, 7) is 7.46. The zero-order valence-electron chi connectivity index (χ0n) is 11.5. The summed E-state index contributed by atoms with van der Waals surface area (Å²) in [5, 5.41) is 7.20.